The summed E-state index contributed by atoms with van der Waals surface area (Å²) in [5.41, 5.74) is 6.05. The fourth-order valence-corrected chi connectivity index (χ4v) is 1.86. The minimum Gasteiger partial charge on any atom is -0.330 e. The Labute approximate surface area is 58.8 Å². The first kappa shape index (κ1) is 6.56. The van der Waals surface area contributed by atoms with Crippen molar-refractivity contribution < 1.29 is 0 Å². The second kappa shape index (κ2) is 2.36. The Morgan fingerprint density at radius 3 is 2.12 bits per heavy atom. The highest BCUT2D eigenvalue weighted by atomic mass is 79.9. The van der Waals surface area contributed by atoms with E-state index in [1.807, 2.05) is 0 Å². The summed E-state index contributed by atoms with van der Waals surface area (Å²) in [4.78, 5) is 0. The van der Waals surface area contributed by atoms with E-state index in [-0.39, 0.29) is 0 Å². The number of alkyl halides is 1. The van der Waals surface area contributed by atoms with Crippen LogP contribution in [0.3, 0.4) is 0 Å². The molecule has 0 aromatic carbocycles. The lowest BCUT2D eigenvalue weighted by atomic mass is 9.71. The van der Waals surface area contributed by atoms with Crippen molar-refractivity contribution in [2.45, 2.75) is 19.3 Å². The lowest BCUT2D eigenvalue weighted by Gasteiger charge is -2.39. The fraction of sp³-hybridized carbons (Fsp3) is 1.00. The standard InChI is InChI=1S/C6H12BrN/c7-4-6(5-8)2-1-3-6/h1-5,8H2. The highest BCUT2D eigenvalue weighted by Gasteiger charge is 2.33. The maximum absolute atomic E-state index is 5.55. The lowest BCUT2D eigenvalue weighted by Crippen LogP contribution is -2.38. The Morgan fingerprint density at radius 1 is 1.50 bits per heavy atom. The zero-order valence-corrected chi connectivity index (χ0v) is 6.58. The summed E-state index contributed by atoms with van der Waals surface area (Å²) in [7, 11) is 0. The number of nitrogens with two attached hydrogens (primary N) is 1. The summed E-state index contributed by atoms with van der Waals surface area (Å²) in [5.74, 6) is 0. The summed E-state index contributed by atoms with van der Waals surface area (Å²) in [6.07, 6.45) is 4.03. The summed E-state index contributed by atoms with van der Waals surface area (Å²) >= 11 is 3.46. The highest BCUT2D eigenvalue weighted by molar-refractivity contribution is 9.09. The molecular weight excluding hydrogens is 166 g/mol. The molecule has 0 saturated heterocycles. The van der Waals surface area contributed by atoms with Crippen LogP contribution in [0.15, 0.2) is 0 Å². The first-order chi connectivity index (χ1) is 3.83. The van der Waals surface area contributed by atoms with E-state index >= 15 is 0 Å². The molecule has 2 heteroatoms. The number of hydrogen-bond acceptors (Lipinski definition) is 1. The van der Waals surface area contributed by atoms with Gasteiger partial charge in [-0.1, -0.05) is 22.4 Å². The van der Waals surface area contributed by atoms with Crippen LogP contribution in [0.4, 0.5) is 0 Å². The van der Waals surface area contributed by atoms with Crippen molar-refractivity contribution in [3.8, 4) is 0 Å². The molecule has 0 aromatic heterocycles. The number of hydrogen-bond donors (Lipinski definition) is 1. The van der Waals surface area contributed by atoms with E-state index in [4.69, 9.17) is 5.73 Å². The molecule has 1 saturated carbocycles. The van der Waals surface area contributed by atoms with Crippen LogP contribution < -0.4 is 5.73 Å². The zero-order chi connectivity index (χ0) is 6.04. The van der Waals surface area contributed by atoms with E-state index in [1.54, 1.807) is 0 Å². The van der Waals surface area contributed by atoms with Gasteiger partial charge in [-0.15, -0.1) is 0 Å². The Kier molecular flexibility index (Phi) is 1.93. The van der Waals surface area contributed by atoms with Crippen LogP contribution in [0, 0.1) is 5.41 Å². The molecule has 0 radical (unpaired) electrons. The smallest absolute Gasteiger partial charge is 0.01000 e. The first-order valence-corrected chi connectivity index (χ1v) is 4.21. The van der Waals surface area contributed by atoms with E-state index in [0.29, 0.717) is 5.41 Å². The maximum atomic E-state index is 5.55. The molecule has 1 fully saturated rings. The zero-order valence-electron chi connectivity index (χ0n) is 4.99. The normalized spacial score (nSPS) is 24.8. The van der Waals surface area contributed by atoms with Gasteiger partial charge in [-0.05, 0) is 24.8 Å². The highest BCUT2D eigenvalue weighted by Crippen LogP contribution is 2.40. The van der Waals surface area contributed by atoms with Gasteiger partial charge in [0.25, 0.3) is 0 Å². The maximum Gasteiger partial charge on any atom is 0.01000 e. The summed E-state index contributed by atoms with van der Waals surface area (Å²) in [6, 6.07) is 0. The van der Waals surface area contributed by atoms with Crippen LogP contribution in [0.25, 0.3) is 0 Å². The molecule has 1 nitrogen and oxygen atoms in total. The molecule has 0 unspecified atom stereocenters. The van der Waals surface area contributed by atoms with Gasteiger partial charge in [0.15, 0.2) is 0 Å². The van der Waals surface area contributed by atoms with E-state index in [9.17, 15) is 0 Å². The van der Waals surface area contributed by atoms with Crippen LogP contribution in [0.1, 0.15) is 19.3 Å². The third kappa shape index (κ3) is 0.914. The molecule has 0 spiro atoms. The third-order valence-electron chi connectivity index (χ3n) is 2.13. The topological polar surface area (TPSA) is 26.0 Å². The van der Waals surface area contributed by atoms with Gasteiger partial charge in [0, 0.05) is 5.33 Å². The molecule has 0 amide bonds. The van der Waals surface area contributed by atoms with Gasteiger partial charge < -0.3 is 5.73 Å². The summed E-state index contributed by atoms with van der Waals surface area (Å²) in [6.45, 7) is 0.859. The van der Waals surface area contributed by atoms with Crippen LogP contribution >= 0.6 is 15.9 Å². The number of halogens is 1. The van der Waals surface area contributed by atoms with Gasteiger partial charge in [0.1, 0.15) is 0 Å². The molecule has 0 aromatic rings. The van der Waals surface area contributed by atoms with Crippen molar-refractivity contribution in [1.29, 1.82) is 0 Å². The average molecular weight is 178 g/mol. The first-order valence-electron chi connectivity index (χ1n) is 3.09. The minimum atomic E-state index is 0.500. The quantitative estimate of drug-likeness (QED) is 0.637. The van der Waals surface area contributed by atoms with E-state index in [1.165, 1.54) is 19.3 Å². The van der Waals surface area contributed by atoms with Crippen molar-refractivity contribution in [2.75, 3.05) is 11.9 Å². The Bertz CT molecular complexity index is 65.1. The Hall–Kier alpha value is 0.440. The van der Waals surface area contributed by atoms with Crippen LogP contribution in [-0.2, 0) is 0 Å². The second-order valence-electron chi connectivity index (χ2n) is 2.69. The van der Waals surface area contributed by atoms with Gasteiger partial charge >= 0.3 is 0 Å². The second-order valence-corrected chi connectivity index (χ2v) is 3.25. The van der Waals surface area contributed by atoms with Crippen molar-refractivity contribution in [2.24, 2.45) is 11.1 Å². The Balaban J connectivity index is 2.33. The van der Waals surface area contributed by atoms with E-state index in [0.717, 1.165) is 11.9 Å². The van der Waals surface area contributed by atoms with Gasteiger partial charge in [0.2, 0.25) is 0 Å². The summed E-state index contributed by atoms with van der Waals surface area (Å²) < 4.78 is 0. The Morgan fingerprint density at radius 2 is 2.12 bits per heavy atom. The van der Waals surface area contributed by atoms with Gasteiger partial charge in [-0.25, -0.2) is 0 Å². The van der Waals surface area contributed by atoms with Crippen molar-refractivity contribution in [3.05, 3.63) is 0 Å². The molecular formula is C6H12BrN. The van der Waals surface area contributed by atoms with E-state index in [2.05, 4.69) is 15.9 Å². The predicted molar refractivity (Wildman–Crippen MR) is 39.1 cm³/mol. The SMILES string of the molecule is NCC1(CBr)CCC1. The molecule has 2 N–H and O–H groups in total. The summed E-state index contributed by atoms with van der Waals surface area (Å²) in [5, 5.41) is 1.09. The third-order valence-corrected chi connectivity index (χ3v) is 3.32. The lowest BCUT2D eigenvalue weighted by molar-refractivity contribution is 0.182. The van der Waals surface area contributed by atoms with Crippen molar-refractivity contribution in [3.63, 3.8) is 0 Å². The van der Waals surface area contributed by atoms with Crippen LogP contribution in [0.5, 0.6) is 0 Å². The molecule has 0 aliphatic heterocycles. The monoisotopic (exact) mass is 177 g/mol. The molecule has 48 valence electrons. The molecule has 0 atom stereocenters. The van der Waals surface area contributed by atoms with Crippen molar-refractivity contribution >= 4 is 15.9 Å². The molecule has 0 bridgehead atoms. The molecule has 0 heterocycles. The van der Waals surface area contributed by atoms with E-state index < -0.39 is 0 Å². The van der Waals surface area contributed by atoms with Gasteiger partial charge in [0.05, 0.1) is 0 Å². The van der Waals surface area contributed by atoms with Gasteiger partial charge in [-0.2, -0.15) is 0 Å². The average Bonchev–Trinajstić information content (AvgIpc) is 1.67. The van der Waals surface area contributed by atoms with Crippen molar-refractivity contribution in [1.82, 2.24) is 0 Å². The largest absolute Gasteiger partial charge is 0.330 e. The molecule has 8 heavy (non-hydrogen) atoms. The fourth-order valence-electron chi connectivity index (χ4n) is 1.07. The van der Waals surface area contributed by atoms with Crippen LogP contribution in [-0.4, -0.2) is 11.9 Å². The van der Waals surface area contributed by atoms with Gasteiger partial charge in [-0.3, -0.25) is 0 Å². The predicted octanol–water partition coefficient (Wildman–Crippen LogP) is 1.51. The number of rotatable bonds is 2. The van der Waals surface area contributed by atoms with Crippen LogP contribution in [0.2, 0.25) is 0 Å². The minimum absolute atomic E-state index is 0.500. The molecule has 1 rings (SSSR count). The molecule has 1 aliphatic rings. The molecule has 1 aliphatic carbocycles.